The van der Waals surface area contributed by atoms with E-state index in [0.29, 0.717) is 44.9 Å². The van der Waals surface area contributed by atoms with Gasteiger partial charge >= 0.3 is 0 Å². The maximum Gasteiger partial charge on any atom is 0.262 e. The number of benzene rings is 3. The first-order valence-electron chi connectivity index (χ1n) is 9.71. The number of anilines is 1. The third-order valence-electron chi connectivity index (χ3n) is 4.71. The van der Waals surface area contributed by atoms with Crippen molar-refractivity contribution in [2.75, 3.05) is 11.9 Å². The summed E-state index contributed by atoms with van der Waals surface area (Å²) >= 11 is 12.2. The van der Waals surface area contributed by atoms with Crippen molar-refractivity contribution in [1.29, 1.82) is 0 Å². The number of halogens is 2. The molecule has 5 nitrogen and oxygen atoms in total. The normalized spacial score (nSPS) is 11.0. The van der Waals surface area contributed by atoms with Gasteiger partial charge in [-0.25, -0.2) is 4.98 Å². The largest absolute Gasteiger partial charge is 0.482 e. The Bertz CT molecular complexity index is 1230. The standard InChI is InChI=1S/C24H20Cl2N2O3/c1-14-9-15(2)24(19(26)10-14)30-13-22(29)27-18-7-8-21-20(12-18)28-23(31-21)11-16-3-5-17(25)6-4-16/h3-10,12H,11,13H2,1-2H3,(H,27,29). The first kappa shape index (κ1) is 21.2. The molecule has 0 unspecified atom stereocenters. The molecule has 0 radical (unpaired) electrons. The lowest BCUT2D eigenvalue weighted by atomic mass is 10.1. The zero-order chi connectivity index (χ0) is 22.0. The number of rotatable bonds is 6. The number of carbonyl (C=O) groups is 1. The molecule has 0 aliphatic rings. The number of carbonyl (C=O) groups excluding carboxylic acids is 1. The van der Waals surface area contributed by atoms with Crippen LogP contribution in [-0.2, 0) is 11.2 Å². The van der Waals surface area contributed by atoms with Crippen molar-refractivity contribution in [1.82, 2.24) is 4.98 Å². The molecule has 4 rings (SSSR count). The fourth-order valence-electron chi connectivity index (χ4n) is 3.33. The molecule has 0 bridgehead atoms. The predicted molar refractivity (Wildman–Crippen MR) is 123 cm³/mol. The Kier molecular flexibility index (Phi) is 6.16. The van der Waals surface area contributed by atoms with Crippen molar-refractivity contribution >= 4 is 45.9 Å². The lowest BCUT2D eigenvalue weighted by Gasteiger charge is -2.12. The molecule has 0 fully saturated rings. The van der Waals surface area contributed by atoms with Gasteiger partial charge in [-0.3, -0.25) is 4.79 Å². The molecular weight excluding hydrogens is 435 g/mol. The van der Waals surface area contributed by atoms with E-state index in [-0.39, 0.29) is 12.5 Å². The molecule has 0 aliphatic carbocycles. The van der Waals surface area contributed by atoms with E-state index >= 15 is 0 Å². The number of amides is 1. The summed E-state index contributed by atoms with van der Waals surface area (Å²) in [5, 5.41) is 3.99. The second-order valence-electron chi connectivity index (χ2n) is 7.32. The number of nitrogens with one attached hydrogen (secondary N) is 1. The molecule has 1 heterocycles. The Morgan fingerprint density at radius 3 is 2.58 bits per heavy atom. The highest BCUT2D eigenvalue weighted by atomic mass is 35.5. The van der Waals surface area contributed by atoms with Crippen LogP contribution >= 0.6 is 23.2 Å². The summed E-state index contributed by atoms with van der Waals surface area (Å²) in [4.78, 5) is 16.9. The maximum atomic E-state index is 12.4. The van der Waals surface area contributed by atoms with Gasteiger partial charge in [0.15, 0.2) is 18.1 Å². The van der Waals surface area contributed by atoms with E-state index in [2.05, 4.69) is 10.3 Å². The molecule has 0 spiro atoms. The van der Waals surface area contributed by atoms with Crippen LogP contribution in [0.1, 0.15) is 22.6 Å². The van der Waals surface area contributed by atoms with Crippen LogP contribution in [0.15, 0.2) is 59.0 Å². The third kappa shape index (κ3) is 5.19. The minimum atomic E-state index is -0.291. The summed E-state index contributed by atoms with van der Waals surface area (Å²) in [7, 11) is 0. The van der Waals surface area contributed by atoms with E-state index in [1.165, 1.54) is 0 Å². The van der Waals surface area contributed by atoms with Gasteiger partial charge in [-0.2, -0.15) is 0 Å². The number of aryl methyl sites for hydroxylation is 2. The summed E-state index contributed by atoms with van der Waals surface area (Å²) in [6, 6.07) is 16.6. The molecule has 158 valence electrons. The summed E-state index contributed by atoms with van der Waals surface area (Å²) in [5.41, 5.74) is 4.90. The van der Waals surface area contributed by atoms with Crippen LogP contribution in [0.3, 0.4) is 0 Å². The van der Waals surface area contributed by atoms with Crippen LogP contribution in [0.25, 0.3) is 11.1 Å². The van der Waals surface area contributed by atoms with Crippen LogP contribution in [0, 0.1) is 13.8 Å². The van der Waals surface area contributed by atoms with Crippen molar-refractivity contribution < 1.29 is 13.9 Å². The number of aromatic nitrogens is 1. The molecule has 0 atom stereocenters. The molecule has 31 heavy (non-hydrogen) atoms. The molecule has 4 aromatic rings. The zero-order valence-corrected chi connectivity index (χ0v) is 18.6. The fraction of sp³-hybridized carbons (Fsp3) is 0.167. The maximum absolute atomic E-state index is 12.4. The van der Waals surface area contributed by atoms with Gasteiger partial charge in [0.25, 0.3) is 5.91 Å². The summed E-state index contributed by atoms with van der Waals surface area (Å²) in [6.45, 7) is 3.70. The summed E-state index contributed by atoms with van der Waals surface area (Å²) < 4.78 is 11.4. The van der Waals surface area contributed by atoms with Crippen LogP contribution in [-0.4, -0.2) is 17.5 Å². The van der Waals surface area contributed by atoms with Gasteiger partial charge in [0, 0.05) is 17.1 Å². The van der Waals surface area contributed by atoms with Gasteiger partial charge in [-0.05, 0) is 66.9 Å². The first-order chi connectivity index (χ1) is 14.9. The van der Waals surface area contributed by atoms with Gasteiger partial charge in [-0.15, -0.1) is 0 Å². The highest BCUT2D eigenvalue weighted by Gasteiger charge is 2.12. The van der Waals surface area contributed by atoms with E-state index in [9.17, 15) is 4.79 Å². The Balaban J connectivity index is 1.41. The predicted octanol–water partition coefficient (Wildman–Crippen LogP) is 6.36. The monoisotopic (exact) mass is 454 g/mol. The number of nitrogens with zero attached hydrogens (tertiary/aromatic N) is 1. The number of ether oxygens (including phenoxy) is 1. The van der Waals surface area contributed by atoms with Crippen molar-refractivity contribution in [3.63, 3.8) is 0 Å². The number of hydrogen-bond acceptors (Lipinski definition) is 4. The van der Waals surface area contributed by atoms with E-state index in [1.807, 2.05) is 50.2 Å². The van der Waals surface area contributed by atoms with Gasteiger partial charge in [0.05, 0.1) is 5.02 Å². The Morgan fingerprint density at radius 1 is 1.06 bits per heavy atom. The fourth-order valence-corrected chi connectivity index (χ4v) is 3.83. The van der Waals surface area contributed by atoms with Crippen molar-refractivity contribution in [3.05, 3.63) is 87.2 Å². The molecule has 0 saturated carbocycles. The SMILES string of the molecule is Cc1cc(C)c(OCC(=O)Nc2ccc3oc(Cc4ccc(Cl)cc4)nc3c2)c(Cl)c1. The lowest BCUT2D eigenvalue weighted by Crippen LogP contribution is -2.20. The first-order valence-corrected chi connectivity index (χ1v) is 10.5. The minimum Gasteiger partial charge on any atom is -0.482 e. The zero-order valence-electron chi connectivity index (χ0n) is 17.0. The number of fused-ring (bicyclic) bond motifs is 1. The molecule has 1 N–H and O–H groups in total. The molecule has 7 heteroatoms. The van der Waals surface area contributed by atoms with Crippen LogP contribution < -0.4 is 10.1 Å². The van der Waals surface area contributed by atoms with E-state index in [0.717, 1.165) is 16.7 Å². The van der Waals surface area contributed by atoms with Crippen LogP contribution in [0.2, 0.25) is 10.0 Å². The number of hydrogen-bond donors (Lipinski definition) is 1. The van der Waals surface area contributed by atoms with E-state index in [4.69, 9.17) is 32.4 Å². The third-order valence-corrected chi connectivity index (χ3v) is 5.24. The Morgan fingerprint density at radius 2 is 1.84 bits per heavy atom. The lowest BCUT2D eigenvalue weighted by molar-refractivity contribution is -0.118. The minimum absolute atomic E-state index is 0.151. The van der Waals surface area contributed by atoms with Gasteiger partial charge in [-0.1, -0.05) is 41.4 Å². The van der Waals surface area contributed by atoms with Crippen molar-refractivity contribution in [2.24, 2.45) is 0 Å². The number of oxazole rings is 1. The average molecular weight is 455 g/mol. The summed E-state index contributed by atoms with van der Waals surface area (Å²) in [6.07, 6.45) is 0.554. The Labute approximate surface area is 189 Å². The van der Waals surface area contributed by atoms with Gasteiger partial charge < -0.3 is 14.5 Å². The van der Waals surface area contributed by atoms with Gasteiger partial charge in [0.1, 0.15) is 11.3 Å². The molecule has 0 aliphatic heterocycles. The van der Waals surface area contributed by atoms with E-state index in [1.54, 1.807) is 18.2 Å². The van der Waals surface area contributed by atoms with Crippen LogP contribution in [0.4, 0.5) is 5.69 Å². The highest BCUT2D eigenvalue weighted by Crippen LogP contribution is 2.30. The molecule has 0 saturated heterocycles. The molecule has 3 aromatic carbocycles. The molecular formula is C24H20Cl2N2O3. The Hall–Kier alpha value is -3.02. The molecule has 1 amide bonds. The topological polar surface area (TPSA) is 64.4 Å². The summed E-state index contributed by atoms with van der Waals surface area (Å²) in [5.74, 6) is 0.815. The van der Waals surface area contributed by atoms with Crippen LogP contribution in [0.5, 0.6) is 5.75 Å². The van der Waals surface area contributed by atoms with Crippen molar-refractivity contribution in [3.8, 4) is 5.75 Å². The molecule has 1 aromatic heterocycles. The quantitative estimate of drug-likeness (QED) is 0.368. The van der Waals surface area contributed by atoms with Gasteiger partial charge in [0.2, 0.25) is 0 Å². The highest BCUT2D eigenvalue weighted by molar-refractivity contribution is 6.32. The second kappa shape index (κ2) is 9.00. The van der Waals surface area contributed by atoms with E-state index < -0.39 is 0 Å². The van der Waals surface area contributed by atoms with Crippen molar-refractivity contribution in [2.45, 2.75) is 20.3 Å². The average Bonchev–Trinajstić information content (AvgIpc) is 3.10. The second-order valence-corrected chi connectivity index (χ2v) is 8.17. The smallest absolute Gasteiger partial charge is 0.262 e.